The van der Waals surface area contributed by atoms with Gasteiger partial charge in [0.2, 0.25) is 0 Å². The lowest BCUT2D eigenvalue weighted by atomic mass is 10.1. The number of ether oxygens (including phenoxy) is 1. The summed E-state index contributed by atoms with van der Waals surface area (Å²) in [6.45, 7) is 5.20. The third-order valence-corrected chi connectivity index (χ3v) is 2.71. The summed E-state index contributed by atoms with van der Waals surface area (Å²) >= 11 is 0. The van der Waals surface area contributed by atoms with Crippen molar-refractivity contribution in [3.8, 4) is 5.75 Å². The normalized spacial score (nSPS) is 9.95. The summed E-state index contributed by atoms with van der Waals surface area (Å²) in [6, 6.07) is 17.7. The van der Waals surface area contributed by atoms with Gasteiger partial charge in [0.15, 0.2) is 0 Å². The number of benzene rings is 2. The highest BCUT2D eigenvalue weighted by atomic mass is 16.5. The van der Waals surface area contributed by atoms with Gasteiger partial charge in [-0.3, -0.25) is 0 Å². The molecule has 0 radical (unpaired) electrons. The van der Waals surface area contributed by atoms with E-state index in [1.165, 1.54) is 5.56 Å². The molecule has 0 saturated heterocycles. The molecule has 0 aliphatic carbocycles. The molecule has 0 unspecified atom stereocenters. The molecule has 0 N–H and O–H groups in total. The van der Waals surface area contributed by atoms with Gasteiger partial charge in [-0.15, -0.1) is 0 Å². The van der Waals surface area contributed by atoms with Gasteiger partial charge in [-0.1, -0.05) is 49.0 Å². The quantitative estimate of drug-likeness (QED) is 0.470. The zero-order chi connectivity index (χ0) is 13.7. The minimum absolute atomic E-state index is 0.392. The topological polar surface area (TPSA) is 26.3 Å². The molecule has 2 aromatic carbocycles. The summed E-state index contributed by atoms with van der Waals surface area (Å²) < 4.78 is 5.22. The van der Waals surface area contributed by atoms with Gasteiger partial charge >= 0.3 is 5.97 Å². The molecule has 0 heterocycles. The molecule has 0 atom stereocenters. The molecular weight excluding hydrogens is 236 g/mol. The molecule has 0 spiro atoms. The van der Waals surface area contributed by atoms with E-state index < -0.39 is 5.97 Å². The van der Waals surface area contributed by atoms with Gasteiger partial charge in [0, 0.05) is 5.57 Å². The van der Waals surface area contributed by atoms with Crippen LogP contribution in [0.4, 0.5) is 0 Å². The van der Waals surface area contributed by atoms with Crippen LogP contribution >= 0.6 is 0 Å². The van der Waals surface area contributed by atoms with Crippen molar-refractivity contribution in [3.05, 3.63) is 77.9 Å². The lowest BCUT2D eigenvalue weighted by molar-refractivity contribution is -0.130. The average Bonchev–Trinajstić information content (AvgIpc) is 2.40. The Bertz CT molecular complexity index is 585. The van der Waals surface area contributed by atoms with Crippen molar-refractivity contribution in [3.63, 3.8) is 0 Å². The van der Waals surface area contributed by atoms with Crippen molar-refractivity contribution in [2.75, 3.05) is 0 Å². The number of rotatable bonds is 4. The van der Waals surface area contributed by atoms with Gasteiger partial charge in [-0.05, 0) is 36.6 Å². The summed E-state index contributed by atoms with van der Waals surface area (Å²) in [7, 11) is 0. The zero-order valence-electron chi connectivity index (χ0n) is 10.9. The van der Waals surface area contributed by atoms with Crippen LogP contribution in [0.5, 0.6) is 5.75 Å². The third kappa shape index (κ3) is 3.81. The monoisotopic (exact) mass is 252 g/mol. The fourth-order valence-corrected chi connectivity index (χ4v) is 1.74. The molecule has 0 fully saturated rings. The van der Waals surface area contributed by atoms with Gasteiger partial charge < -0.3 is 4.74 Å². The van der Waals surface area contributed by atoms with E-state index in [1.807, 2.05) is 36.4 Å². The lowest BCUT2D eigenvalue weighted by Gasteiger charge is -2.06. The van der Waals surface area contributed by atoms with E-state index in [4.69, 9.17) is 4.74 Å². The fourth-order valence-electron chi connectivity index (χ4n) is 1.74. The van der Waals surface area contributed by atoms with E-state index in [1.54, 1.807) is 13.0 Å². The number of carbonyl (C=O) groups is 1. The number of hydrogen-bond donors (Lipinski definition) is 0. The highest BCUT2D eigenvalue weighted by molar-refractivity contribution is 5.88. The molecule has 0 aliphatic heterocycles. The molecular formula is C17H16O2. The Kier molecular flexibility index (Phi) is 4.14. The van der Waals surface area contributed by atoms with Crippen molar-refractivity contribution < 1.29 is 9.53 Å². The Balaban J connectivity index is 2.11. The molecule has 19 heavy (non-hydrogen) atoms. The maximum atomic E-state index is 11.5. The van der Waals surface area contributed by atoms with Crippen LogP contribution in [0.1, 0.15) is 18.1 Å². The first-order valence-corrected chi connectivity index (χ1v) is 6.16. The Hall–Kier alpha value is -2.35. The van der Waals surface area contributed by atoms with Crippen molar-refractivity contribution in [1.82, 2.24) is 0 Å². The molecule has 0 aliphatic rings. The Morgan fingerprint density at radius 2 is 1.74 bits per heavy atom. The van der Waals surface area contributed by atoms with Crippen molar-refractivity contribution in [2.24, 2.45) is 0 Å². The van der Waals surface area contributed by atoms with Gasteiger partial charge in [-0.2, -0.15) is 0 Å². The van der Waals surface area contributed by atoms with Gasteiger partial charge in [0.1, 0.15) is 5.75 Å². The second-order valence-electron chi connectivity index (χ2n) is 4.48. The van der Waals surface area contributed by atoms with Crippen molar-refractivity contribution in [2.45, 2.75) is 13.3 Å². The van der Waals surface area contributed by atoms with Crippen LogP contribution < -0.4 is 4.74 Å². The molecule has 2 nitrogen and oxygen atoms in total. The third-order valence-electron chi connectivity index (χ3n) is 2.71. The predicted octanol–water partition coefficient (Wildman–Crippen LogP) is 3.76. The Morgan fingerprint density at radius 1 is 1.05 bits per heavy atom. The minimum atomic E-state index is -0.392. The molecule has 0 bridgehead atoms. The van der Waals surface area contributed by atoms with Crippen LogP contribution in [-0.2, 0) is 11.2 Å². The van der Waals surface area contributed by atoms with Crippen molar-refractivity contribution in [1.29, 1.82) is 0 Å². The zero-order valence-corrected chi connectivity index (χ0v) is 10.9. The van der Waals surface area contributed by atoms with E-state index >= 15 is 0 Å². The summed E-state index contributed by atoms with van der Waals surface area (Å²) in [5.41, 5.74) is 2.73. The maximum absolute atomic E-state index is 11.5. The number of esters is 1. The number of carbonyl (C=O) groups excluding carboxylic acids is 1. The van der Waals surface area contributed by atoms with E-state index in [9.17, 15) is 4.79 Å². The molecule has 2 heteroatoms. The SMILES string of the molecule is C=C(C)C(=O)Oc1cccc(Cc2ccccc2)c1. The van der Waals surface area contributed by atoms with E-state index in [0.717, 1.165) is 12.0 Å². The van der Waals surface area contributed by atoms with Crippen LogP contribution in [0.25, 0.3) is 0 Å². The molecule has 0 saturated carbocycles. The molecule has 2 aromatic rings. The Morgan fingerprint density at radius 3 is 2.42 bits per heavy atom. The van der Waals surface area contributed by atoms with E-state index in [-0.39, 0.29) is 0 Å². The van der Waals surface area contributed by atoms with Crippen LogP contribution in [0.3, 0.4) is 0 Å². The predicted molar refractivity (Wildman–Crippen MR) is 76.1 cm³/mol. The van der Waals surface area contributed by atoms with Crippen LogP contribution in [0.2, 0.25) is 0 Å². The maximum Gasteiger partial charge on any atom is 0.338 e. The highest BCUT2D eigenvalue weighted by Crippen LogP contribution is 2.17. The molecule has 96 valence electrons. The second-order valence-corrected chi connectivity index (χ2v) is 4.48. The number of hydrogen-bond acceptors (Lipinski definition) is 2. The summed E-state index contributed by atoms with van der Waals surface area (Å²) in [5.74, 6) is 0.165. The first-order chi connectivity index (χ1) is 9.15. The molecule has 0 aromatic heterocycles. The smallest absolute Gasteiger partial charge is 0.338 e. The van der Waals surface area contributed by atoms with E-state index in [2.05, 4.69) is 18.7 Å². The first-order valence-electron chi connectivity index (χ1n) is 6.16. The lowest BCUT2D eigenvalue weighted by Crippen LogP contribution is -2.08. The minimum Gasteiger partial charge on any atom is -0.423 e. The highest BCUT2D eigenvalue weighted by Gasteiger charge is 2.05. The second kappa shape index (κ2) is 6.01. The van der Waals surface area contributed by atoms with Crippen LogP contribution in [-0.4, -0.2) is 5.97 Å². The first kappa shape index (κ1) is 13.1. The molecule has 0 amide bonds. The molecule has 2 rings (SSSR count). The van der Waals surface area contributed by atoms with Gasteiger partial charge in [-0.25, -0.2) is 4.79 Å². The van der Waals surface area contributed by atoms with Gasteiger partial charge in [0.05, 0.1) is 0 Å². The van der Waals surface area contributed by atoms with Crippen molar-refractivity contribution >= 4 is 5.97 Å². The fraction of sp³-hybridized carbons (Fsp3) is 0.118. The van der Waals surface area contributed by atoms with Gasteiger partial charge in [0.25, 0.3) is 0 Å². The largest absolute Gasteiger partial charge is 0.423 e. The average molecular weight is 252 g/mol. The van der Waals surface area contributed by atoms with Crippen LogP contribution in [0.15, 0.2) is 66.7 Å². The summed E-state index contributed by atoms with van der Waals surface area (Å²) in [4.78, 5) is 11.5. The van der Waals surface area contributed by atoms with Crippen LogP contribution in [0, 0.1) is 0 Å². The Labute approximate surface area is 113 Å². The van der Waals surface area contributed by atoms with E-state index in [0.29, 0.717) is 11.3 Å². The summed E-state index contributed by atoms with van der Waals surface area (Å²) in [5, 5.41) is 0. The standard InChI is InChI=1S/C17H16O2/c1-13(2)17(18)19-16-10-6-9-15(12-16)11-14-7-4-3-5-8-14/h3-10,12H,1,11H2,2H3. The summed E-state index contributed by atoms with van der Waals surface area (Å²) in [6.07, 6.45) is 0.819.